The summed E-state index contributed by atoms with van der Waals surface area (Å²) in [5, 5.41) is 138. The van der Waals surface area contributed by atoms with Crippen molar-refractivity contribution in [2.75, 3.05) is 39.3 Å². The first-order chi connectivity index (χ1) is 27.7. The molecule has 0 saturated carbocycles. The molecule has 0 rings (SSSR count). The normalized spacial score (nSPS) is 12.6. The van der Waals surface area contributed by atoms with Crippen molar-refractivity contribution in [2.24, 2.45) is 0 Å². The third kappa shape index (κ3) is 44.1. The van der Waals surface area contributed by atoms with E-state index in [2.05, 4.69) is 31.9 Å². The molecule has 0 aromatic carbocycles. The third-order valence-corrected chi connectivity index (χ3v) is 6.65. The Kier molecular flexibility index (Phi) is 49.0. The van der Waals surface area contributed by atoms with Gasteiger partial charge >= 0.3 is 68.3 Å². The van der Waals surface area contributed by atoms with E-state index in [1.54, 1.807) is 0 Å². The van der Waals surface area contributed by atoms with Crippen LogP contribution in [0.4, 0.5) is 0 Å². The van der Waals surface area contributed by atoms with Gasteiger partial charge in [0.2, 0.25) is 0 Å². The van der Waals surface area contributed by atoms with Gasteiger partial charge in [0, 0.05) is 114 Å². The summed E-state index contributed by atoms with van der Waals surface area (Å²) in [6.07, 6.45) is -4.89. The van der Waals surface area contributed by atoms with E-state index in [0.717, 1.165) is 0 Å². The van der Waals surface area contributed by atoms with Crippen LogP contribution in [0.3, 0.4) is 0 Å². The van der Waals surface area contributed by atoms with E-state index in [1.807, 2.05) is 0 Å². The number of nitrogens with one attached hydrogen (secondary N) is 6. The number of carboxylic acids is 12. The molecule has 6 N–H and O–H groups in total. The van der Waals surface area contributed by atoms with Gasteiger partial charge < -0.3 is 151 Å². The van der Waals surface area contributed by atoms with Gasteiger partial charge in [0.15, 0.2) is 0 Å². The molecule has 0 spiro atoms. The number of carbonyl (C=O) groups is 12. The molecule has 4 radical (unpaired) electrons. The van der Waals surface area contributed by atoms with Crippen LogP contribution < -0.4 is 93.2 Å². The fourth-order valence-electron chi connectivity index (χ4n) is 3.91. The second kappa shape index (κ2) is 42.4. The van der Waals surface area contributed by atoms with Gasteiger partial charge in [0.25, 0.3) is 0 Å². The maximum atomic E-state index is 10.5. The molecule has 0 amide bonds. The van der Waals surface area contributed by atoms with Crippen molar-refractivity contribution in [3.63, 3.8) is 0 Å². The number of aliphatic carboxylic acids is 12. The Labute approximate surface area is 402 Å². The average molecular weight is 1090 g/mol. The molecule has 0 fully saturated rings. The van der Waals surface area contributed by atoms with Crippen molar-refractivity contribution in [1.82, 2.24) is 31.9 Å². The SMILES string of the molecule is O=C([O-])C[C@H](NCCN[C@@H](CC(=O)[O-])C(=O)[O-])C(=O)[O-].O=C([O-])C[C@H](NCCN[C@@H](CC(=O)[O-])C(=O)[O-])C(=O)[O-].O=C([O-])C[C@H](NCCN[C@@H](CC(=O)[O-])C(=O)[O-])C(=O)[O-].[Fe+3].[Fe+3].[Fe+3].[Fe+3]. The molecule has 34 heteroatoms. The molecule has 30 nitrogen and oxygen atoms in total. The maximum Gasteiger partial charge on any atom is 3.00 e. The van der Waals surface area contributed by atoms with E-state index in [1.165, 1.54) is 0 Å². The first-order valence-electron chi connectivity index (χ1n) is 16.6. The number of rotatable bonds is 33. The van der Waals surface area contributed by atoms with Crippen molar-refractivity contribution >= 4 is 71.6 Å². The van der Waals surface area contributed by atoms with Crippen LogP contribution in [0.1, 0.15) is 38.5 Å². The van der Waals surface area contributed by atoms with Crippen LogP contribution in [0.15, 0.2) is 0 Å². The van der Waals surface area contributed by atoms with Crippen LogP contribution in [0, 0.1) is 0 Å². The Balaban J connectivity index is -0.000000148. The molecule has 64 heavy (non-hydrogen) atoms. The molecule has 362 valence electrons. The number of carboxylic acid groups (broad SMARTS) is 12. The molecule has 0 aromatic rings. The monoisotopic (exact) mass is 1090 g/mol. The first-order valence-corrected chi connectivity index (χ1v) is 16.6. The van der Waals surface area contributed by atoms with Gasteiger partial charge in [-0.15, -0.1) is 0 Å². The summed E-state index contributed by atoms with van der Waals surface area (Å²) in [5.74, 6) is -19.5. The number of hydrogen-bond acceptors (Lipinski definition) is 30. The number of hydrogen-bond donors (Lipinski definition) is 6. The average Bonchev–Trinajstić information content (AvgIpc) is 3.09. The Morgan fingerprint density at radius 1 is 0.234 bits per heavy atom. The molecule has 0 aliphatic heterocycles. The smallest absolute Gasteiger partial charge is 0.550 e. The zero-order valence-corrected chi connectivity index (χ0v) is 36.6. The van der Waals surface area contributed by atoms with E-state index in [4.69, 9.17) is 0 Å². The summed E-state index contributed by atoms with van der Waals surface area (Å²) in [4.78, 5) is 125. The largest absolute Gasteiger partial charge is 3.00 e. The van der Waals surface area contributed by atoms with Crippen molar-refractivity contribution in [1.29, 1.82) is 0 Å². The van der Waals surface area contributed by atoms with Crippen LogP contribution in [0.25, 0.3) is 0 Å². The minimum Gasteiger partial charge on any atom is -0.550 e. The van der Waals surface area contributed by atoms with Gasteiger partial charge in [0.05, 0.1) is 72.1 Å². The molecule has 0 aliphatic rings. The third-order valence-electron chi connectivity index (χ3n) is 6.65. The summed E-state index contributed by atoms with van der Waals surface area (Å²) < 4.78 is 0. The summed E-state index contributed by atoms with van der Waals surface area (Å²) in [6.45, 7) is -0.817. The van der Waals surface area contributed by atoms with E-state index < -0.39 is 146 Å². The summed E-state index contributed by atoms with van der Waals surface area (Å²) in [5.41, 5.74) is 0. The van der Waals surface area contributed by atoms with Gasteiger partial charge in [-0.2, -0.15) is 0 Å². The Hall–Kier alpha value is -4.52. The van der Waals surface area contributed by atoms with Crippen LogP contribution >= 0.6 is 0 Å². The van der Waals surface area contributed by atoms with Crippen LogP contribution in [0.2, 0.25) is 0 Å². The van der Waals surface area contributed by atoms with E-state index in [0.29, 0.717) is 0 Å². The van der Waals surface area contributed by atoms with Gasteiger partial charge in [-0.1, -0.05) is 0 Å². The van der Waals surface area contributed by atoms with Gasteiger partial charge in [0.1, 0.15) is 0 Å². The Morgan fingerprint density at radius 3 is 0.391 bits per heavy atom. The summed E-state index contributed by atoms with van der Waals surface area (Å²) in [7, 11) is 0. The maximum absolute atomic E-state index is 10.5. The van der Waals surface area contributed by atoms with Crippen LogP contribution in [-0.2, 0) is 126 Å². The zero-order valence-electron chi connectivity index (χ0n) is 32.2. The molecule has 0 aromatic heterocycles. The molecular weight excluding hydrogens is 1050 g/mol. The van der Waals surface area contributed by atoms with E-state index >= 15 is 0 Å². The van der Waals surface area contributed by atoms with Crippen molar-refractivity contribution in [3.8, 4) is 0 Å². The topological polar surface area (TPSA) is 554 Å². The minimum atomic E-state index is -1.65. The predicted molar refractivity (Wildman–Crippen MR) is 159 cm³/mol. The standard InChI is InChI=1S/3C10H16N2O8.4Fe/c3*13-7(14)3-5(9(17)18)11-1-2-12-6(10(19)20)4-8(15)16;;;;/h3*5-6,11-12H,1-4H2,(H,13,14)(H,15,16)(H,17,18)(H,19,20);;;;/q;;;4*+3/p-12/t3*5-,6-;;;;/m000..../s1. The minimum absolute atomic E-state index is 0. The Morgan fingerprint density at radius 2 is 0.328 bits per heavy atom. The molecule has 0 bridgehead atoms. The quantitative estimate of drug-likeness (QED) is 0.0262. The molecule has 0 aliphatic carbocycles. The van der Waals surface area contributed by atoms with Crippen molar-refractivity contribution in [2.45, 2.75) is 74.8 Å². The number of carbonyl (C=O) groups excluding carboxylic acids is 12. The van der Waals surface area contributed by atoms with Gasteiger partial charge in [-0.25, -0.2) is 0 Å². The molecular formula is C30H36Fe4N6O24. The second-order valence-corrected chi connectivity index (χ2v) is 11.4. The fraction of sp³-hybridized carbons (Fsp3) is 0.600. The van der Waals surface area contributed by atoms with Crippen LogP contribution in [-0.4, -0.2) is 147 Å². The summed E-state index contributed by atoms with van der Waals surface area (Å²) in [6, 6.07) is -8.98. The molecule has 6 atom stereocenters. The zero-order chi connectivity index (χ0) is 47.1. The van der Waals surface area contributed by atoms with Crippen molar-refractivity contribution in [3.05, 3.63) is 0 Å². The molecule has 0 saturated heterocycles. The van der Waals surface area contributed by atoms with E-state index in [9.17, 15) is 119 Å². The van der Waals surface area contributed by atoms with Crippen LogP contribution in [0.5, 0.6) is 0 Å². The first kappa shape index (κ1) is 73.9. The molecule has 0 heterocycles. The second-order valence-electron chi connectivity index (χ2n) is 11.4. The van der Waals surface area contributed by atoms with Gasteiger partial charge in [-0.05, 0) is 0 Å². The predicted octanol–water partition coefficient (Wildman–Crippen LogP) is -22.0. The van der Waals surface area contributed by atoms with Gasteiger partial charge in [-0.3, -0.25) is 0 Å². The van der Waals surface area contributed by atoms with Crippen molar-refractivity contribution < 1.29 is 187 Å². The Bertz CT molecular complexity index is 1240. The molecule has 0 unspecified atom stereocenters. The summed E-state index contributed by atoms with van der Waals surface area (Å²) >= 11 is 0. The fourth-order valence-corrected chi connectivity index (χ4v) is 3.91. The van der Waals surface area contributed by atoms with E-state index in [-0.39, 0.29) is 108 Å².